The number of pyridine rings is 1. The van der Waals surface area contributed by atoms with Gasteiger partial charge in [-0.1, -0.05) is 24.3 Å². The van der Waals surface area contributed by atoms with Crippen LogP contribution in [-0.2, 0) is 4.79 Å². The van der Waals surface area contributed by atoms with Crippen molar-refractivity contribution in [3.05, 3.63) is 89.2 Å². The number of ether oxygens (including phenoxy) is 1. The molecule has 1 N–H and O–H groups in total. The van der Waals surface area contributed by atoms with E-state index in [2.05, 4.69) is 10.3 Å². The van der Waals surface area contributed by atoms with E-state index in [0.717, 1.165) is 22.6 Å². The largest absolute Gasteiger partial charge is 0.497 e. The number of hydrogen-bond donors (Lipinski definition) is 1. The van der Waals surface area contributed by atoms with Gasteiger partial charge in [-0.05, 0) is 61.4 Å². The summed E-state index contributed by atoms with van der Waals surface area (Å²) in [6, 6.07) is 18.2. The van der Waals surface area contributed by atoms with Crippen LogP contribution in [0.3, 0.4) is 0 Å². The number of anilines is 1. The van der Waals surface area contributed by atoms with E-state index in [9.17, 15) is 9.59 Å². The van der Waals surface area contributed by atoms with Gasteiger partial charge in [0.05, 0.1) is 36.9 Å². The number of amides is 2. The van der Waals surface area contributed by atoms with Gasteiger partial charge in [-0.2, -0.15) is 0 Å². The third-order valence-corrected chi connectivity index (χ3v) is 5.57. The van der Waals surface area contributed by atoms with Crippen molar-refractivity contribution in [2.24, 2.45) is 0 Å². The maximum absolute atomic E-state index is 13.1. The molecule has 3 aromatic rings. The number of fused-ring (bicyclic) bond motifs is 1. The average Bonchev–Trinajstić information content (AvgIpc) is 3.05. The SMILES string of the molecule is COc1ccc([C@@H](C)NC(=O)C[C@@H]2c3ncccc3C(=O)N2c2cccc(C)c2)cc1. The zero-order valence-electron chi connectivity index (χ0n) is 17.8. The van der Waals surface area contributed by atoms with E-state index in [-0.39, 0.29) is 24.3 Å². The van der Waals surface area contributed by atoms with Gasteiger partial charge in [-0.3, -0.25) is 19.5 Å². The molecule has 0 fully saturated rings. The standard InChI is InChI=1S/C25H25N3O3/c1-16-6-4-7-19(14-16)28-22(24-21(25(28)30)8-5-13-26-24)15-23(29)27-17(2)18-9-11-20(31-3)12-10-18/h4-14,17,22H,15H2,1-3H3,(H,27,29)/t17-,22-/m1/s1. The first-order chi connectivity index (χ1) is 15.0. The molecular weight excluding hydrogens is 390 g/mol. The van der Waals surface area contributed by atoms with E-state index in [1.807, 2.05) is 62.4 Å². The maximum atomic E-state index is 13.1. The van der Waals surface area contributed by atoms with Crippen LogP contribution in [0.5, 0.6) is 5.75 Å². The van der Waals surface area contributed by atoms with Crippen molar-refractivity contribution < 1.29 is 14.3 Å². The van der Waals surface area contributed by atoms with E-state index >= 15 is 0 Å². The zero-order valence-corrected chi connectivity index (χ0v) is 17.8. The van der Waals surface area contributed by atoms with Crippen molar-refractivity contribution in [1.29, 1.82) is 0 Å². The molecule has 1 aliphatic heterocycles. The molecule has 2 atom stereocenters. The molecule has 2 amide bonds. The second kappa shape index (κ2) is 8.60. The number of carbonyl (C=O) groups is 2. The van der Waals surface area contributed by atoms with Crippen LogP contribution in [0.2, 0.25) is 0 Å². The third-order valence-electron chi connectivity index (χ3n) is 5.57. The fourth-order valence-electron chi connectivity index (χ4n) is 3.97. The molecule has 1 aromatic heterocycles. The Morgan fingerprint density at radius 3 is 2.65 bits per heavy atom. The number of nitrogens with one attached hydrogen (secondary N) is 1. The summed E-state index contributed by atoms with van der Waals surface area (Å²) < 4.78 is 5.19. The summed E-state index contributed by atoms with van der Waals surface area (Å²) in [5.74, 6) is 0.496. The molecule has 31 heavy (non-hydrogen) atoms. The Balaban J connectivity index is 1.56. The van der Waals surface area contributed by atoms with E-state index in [1.54, 1.807) is 30.3 Å². The molecule has 0 radical (unpaired) electrons. The van der Waals surface area contributed by atoms with Crippen molar-refractivity contribution >= 4 is 17.5 Å². The minimum Gasteiger partial charge on any atom is -0.497 e. The number of nitrogens with zero attached hydrogens (tertiary/aromatic N) is 2. The third kappa shape index (κ3) is 4.14. The molecule has 1 aliphatic rings. The van der Waals surface area contributed by atoms with Crippen molar-refractivity contribution in [2.45, 2.75) is 32.4 Å². The van der Waals surface area contributed by atoms with E-state index in [1.165, 1.54) is 0 Å². The fourth-order valence-corrected chi connectivity index (χ4v) is 3.97. The van der Waals surface area contributed by atoms with Crippen LogP contribution in [0, 0.1) is 6.92 Å². The molecular formula is C25H25N3O3. The van der Waals surface area contributed by atoms with Gasteiger partial charge in [0.15, 0.2) is 0 Å². The minimum atomic E-state index is -0.450. The Labute approximate surface area is 181 Å². The van der Waals surface area contributed by atoms with Crippen molar-refractivity contribution in [3.63, 3.8) is 0 Å². The molecule has 0 aliphatic carbocycles. The van der Waals surface area contributed by atoms with Gasteiger partial charge in [-0.25, -0.2) is 0 Å². The lowest BCUT2D eigenvalue weighted by molar-refractivity contribution is -0.122. The van der Waals surface area contributed by atoms with Crippen molar-refractivity contribution in [1.82, 2.24) is 10.3 Å². The Kier molecular flexibility index (Phi) is 5.71. The molecule has 0 unspecified atom stereocenters. The molecule has 4 rings (SSSR count). The highest BCUT2D eigenvalue weighted by atomic mass is 16.5. The second-order valence-electron chi connectivity index (χ2n) is 7.73. The molecule has 6 nitrogen and oxygen atoms in total. The lowest BCUT2D eigenvalue weighted by atomic mass is 10.1. The van der Waals surface area contributed by atoms with Crippen LogP contribution < -0.4 is 15.0 Å². The van der Waals surface area contributed by atoms with Crippen LogP contribution in [0.1, 0.15) is 52.6 Å². The first kappa shape index (κ1) is 20.6. The van der Waals surface area contributed by atoms with E-state index in [0.29, 0.717) is 11.3 Å². The monoisotopic (exact) mass is 415 g/mol. The highest BCUT2D eigenvalue weighted by Crippen LogP contribution is 2.38. The van der Waals surface area contributed by atoms with Crippen LogP contribution in [0.4, 0.5) is 5.69 Å². The molecule has 2 heterocycles. The highest BCUT2D eigenvalue weighted by molar-refractivity contribution is 6.11. The summed E-state index contributed by atoms with van der Waals surface area (Å²) in [7, 11) is 1.62. The smallest absolute Gasteiger partial charge is 0.260 e. The van der Waals surface area contributed by atoms with Gasteiger partial charge >= 0.3 is 0 Å². The first-order valence-electron chi connectivity index (χ1n) is 10.3. The van der Waals surface area contributed by atoms with Crippen molar-refractivity contribution in [2.75, 3.05) is 12.0 Å². The quantitative estimate of drug-likeness (QED) is 0.649. The average molecular weight is 415 g/mol. The zero-order chi connectivity index (χ0) is 22.0. The second-order valence-corrected chi connectivity index (χ2v) is 7.73. The Morgan fingerprint density at radius 1 is 1.16 bits per heavy atom. The van der Waals surface area contributed by atoms with E-state index in [4.69, 9.17) is 4.74 Å². The van der Waals surface area contributed by atoms with Gasteiger partial charge < -0.3 is 10.1 Å². The Hall–Kier alpha value is -3.67. The molecule has 0 saturated heterocycles. The molecule has 0 bridgehead atoms. The van der Waals surface area contributed by atoms with Gasteiger partial charge in [0, 0.05) is 11.9 Å². The number of aromatic nitrogens is 1. The summed E-state index contributed by atoms with van der Waals surface area (Å²) in [6.07, 6.45) is 1.79. The molecule has 158 valence electrons. The minimum absolute atomic E-state index is 0.129. The number of hydrogen-bond acceptors (Lipinski definition) is 4. The molecule has 0 saturated carbocycles. The molecule has 2 aromatic carbocycles. The summed E-state index contributed by atoms with van der Waals surface area (Å²) in [6.45, 7) is 3.91. The van der Waals surface area contributed by atoms with Crippen LogP contribution in [0.25, 0.3) is 0 Å². The lowest BCUT2D eigenvalue weighted by Crippen LogP contribution is -2.34. The Morgan fingerprint density at radius 2 is 1.94 bits per heavy atom. The number of carbonyl (C=O) groups excluding carboxylic acids is 2. The Bertz CT molecular complexity index is 1110. The number of aryl methyl sites for hydroxylation is 1. The fraction of sp³-hybridized carbons (Fsp3) is 0.240. The number of methoxy groups -OCH3 is 1. The van der Waals surface area contributed by atoms with E-state index < -0.39 is 6.04 Å². The predicted octanol–water partition coefficient (Wildman–Crippen LogP) is 4.37. The molecule has 0 spiro atoms. The van der Waals surface area contributed by atoms with Crippen LogP contribution in [0.15, 0.2) is 66.9 Å². The summed E-state index contributed by atoms with van der Waals surface area (Å²) >= 11 is 0. The predicted molar refractivity (Wildman–Crippen MR) is 119 cm³/mol. The van der Waals surface area contributed by atoms with Gasteiger partial charge in [0.25, 0.3) is 5.91 Å². The van der Waals surface area contributed by atoms with Crippen LogP contribution in [-0.4, -0.2) is 23.9 Å². The maximum Gasteiger partial charge on any atom is 0.260 e. The number of benzene rings is 2. The summed E-state index contributed by atoms with van der Waals surface area (Å²) in [5.41, 5.74) is 3.98. The summed E-state index contributed by atoms with van der Waals surface area (Å²) in [4.78, 5) is 32.2. The highest BCUT2D eigenvalue weighted by Gasteiger charge is 2.40. The van der Waals surface area contributed by atoms with Gasteiger partial charge in [0.2, 0.25) is 5.91 Å². The van der Waals surface area contributed by atoms with Crippen LogP contribution >= 0.6 is 0 Å². The summed E-state index contributed by atoms with van der Waals surface area (Å²) in [5, 5.41) is 3.04. The lowest BCUT2D eigenvalue weighted by Gasteiger charge is -2.25. The first-order valence-corrected chi connectivity index (χ1v) is 10.3. The van der Waals surface area contributed by atoms with Gasteiger partial charge in [-0.15, -0.1) is 0 Å². The number of rotatable bonds is 6. The van der Waals surface area contributed by atoms with Crippen molar-refractivity contribution in [3.8, 4) is 5.75 Å². The topological polar surface area (TPSA) is 71.5 Å². The molecule has 6 heteroatoms. The normalized spacial score (nSPS) is 16.0. The van der Waals surface area contributed by atoms with Gasteiger partial charge in [0.1, 0.15) is 5.75 Å².